The van der Waals surface area contributed by atoms with E-state index in [0.29, 0.717) is 18.4 Å². The molecule has 5 heteroatoms. The van der Waals surface area contributed by atoms with E-state index in [1.54, 1.807) is 0 Å². The number of aromatic amines is 1. The van der Waals surface area contributed by atoms with Gasteiger partial charge in [0.25, 0.3) is 5.56 Å². The summed E-state index contributed by atoms with van der Waals surface area (Å²) in [5, 5.41) is 1.01. The van der Waals surface area contributed by atoms with Crippen LogP contribution in [0.15, 0.2) is 29.1 Å². The highest BCUT2D eigenvalue weighted by atomic mass is 16.2. The number of hydrogen-bond acceptors (Lipinski definition) is 3. The van der Waals surface area contributed by atoms with Gasteiger partial charge in [-0.3, -0.25) is 14.5 Å². The predicted molar refractivity (Wildman–Crippen MR) is 110 cm³/mol. The van der Waals surface area contributed by atoms with Crippen molar-refractivity contribution in [3.63, 3.8) is 0 Å². The molecule has 1 aromatic heterocycles. The zero-order valence-electron chi connectivity index (χ0n) is 17.0. The number of aromatic nitrogens is 1. The maximum Gasteiger partial charge on any atom is 0.251 e. The minimum Gasteiger partial charge on any atom is -0.340 e. The van der Waals surface area contributed by atoms with Gasteiger partial charge in [-0.05, 0) is 41.8 Å². The van der Waals surface area contributed by atoms with E-state index in [2.05, 4.69) is 30.7 Å². The number of fused-ring (bicyclic) bond motifs is 1. The fraction of sp³-hybridized carbons (Fsp3) is 0.545. The van der Waals surface area contributed by atoms with Gasteiger partial charge in [-0.1, -0.05) is 32.9 Å². The monoisotopic (exact) mass is 369 g/mol. The summed E-state index contributed by atoms with van der Waals surface area (Å²) in [5.74, 6) is 0.147. The lowest BCUT2D eigenvalue weighted by Gasteiger charge is -2.37. The summed E-state index contributed by atoms with van der Waals surface area (Å²) in [7, 11) is 0. The molecule has 0 saturated carbocycles. The molecule has 3 rings (SSSR count). The number of carbonyl (C=O) groups is 1. The van der Waals surface area contributed by atoms with Gasteiger partial charge in [0.1, 0.15) is 0 Å². The molecule has 1 aromatic carbocycles. The van der Waals surface area contributed by atoms with E-state index < -0.39 is 0 Å². The van der Waals surface area contributed by atoms with Crippen LogP contribution in [0.1, 0.15) is 38.3 Å². The quantitative estimate of drug-likeness (QED) is 0.901. The minimum absolute atomic E-state index is 0.0871. The Bertz CT molecular complexity index is 871. The summed E-state index contributed by atoms with van der Waals surface area (Å²) in [4.78, 5) is 32.2. The molecule has 1 fully saturated rings. The molecule has 1 aliphatic heterocycles. The highest BCUT2D eigenvalue weighted by molar-refractivity contribution is 5.80. The Kier molecular flexibility index (Phi) is 5.70. The first-order chi connectivity index (χ1) is 12.7. The molecule has 146 valence electrons. The number of carbonyl (C=O) groups excluding carboxylic acids is 1. The van der Waals surface area contributed by atoms with Crippen LogP contribution in [-0.2, 0) is 11.2 Å². The third-order valence-electron chi connectivity index (χ3n) is 5.11. The first-order valence-corrected chi connectivity index (χ1v) is 9.84. The van der Waals surface area contributed by atoms with E-state index in [9.17, 15) is 9.59 Å². The topological polar surface area (TPSA) is 56.4 Å². The standard InChI is InChI=1S/C22H31N3O2/c1-16-5-6-17-14-18(21(27)23-19(17)13-16)7-8-20(26)25-11-9-24(10-12-25)15-22(2,3)4/h5-6,13-14H,7-12,15H2,1-4H3,(H,23,27). The van der Waals surface area contributed by atoms with Crippen LogP contribution in [0.3, 0.4) is 0 Å². The third-order valence-corrected chi connectivity index (χ3v) is 5.11. The molecule has 0 radical (unpaired) electrons. The maximum atomic E-state index is 12.6. The lowest BCUT2D eigenvalue weighted by Crippen LogP contribution is -2.50. The highest BCUT2D eigenvalue weighted by Crippen LogP contribution is 2.17. The van der Waals surface area contributed by atoms with Crippen LogP contribution >= 0.6 is 0 Å². The molecule has 0 unspecified atom stereocenters. The lowest BCUT2D eigenvalue weighted by atomic mass is 9.96. The van der Waals surface area contributed by atoms with E-state index in [1.165, 1.54) is 0 Å². The Morgan fingerprint density at radius 2 is 1.81 bits per heavy atom. The molecule has 1 aliphatic rings. The fourth-order valence-corrected chi connectivity index (χ4v) is 3.77. The average Bonchev–Trinajstić information content (AvgIpc) is 2.59. The van der Waals surface area contributed by atoms with Crippen molar-refractivity contribution in [1.82, 2.24) is 14.8 Å². The second-order valence-electron chi connectivity index (χ2n) is 8.93. The summed E-state index contributed by atoms with van der Waals surface area (Å²) in [6.45, 7) is 13.2. The molecule has 27 heavy (non-hydrogen) atoms. The largest absolute Gasteiger partial charge is 0.340 e. The van der Waals surface area contributed by atoms with Crippen molar-refractivity contribution in [1.29, 1.82) is 0 Å². The minimum atomic E-state index is -0.0871. The first-order valence-electron chi connectivity index (χ1n) is 9.84. The zero-order valence-corrected chi connectivity index (χ0v) is 17.0. The normalized spacial score (nSPS) is 16.1. The molecule has 0 aliphatic carbocycles. The van der Waals surface area contributed by atoms with Crippen molar-refractivity contribution in [3.05, 3.63) is 45.7 Å². The molecule has 1 saturated heterocycles. The van der Waals surface area contributed by atoms with Gasteiger partial charge in [-0.25, -0.2) is 0 Å². The third kappa shape index (κ3) is 5.19. The molecular weight excluding hydrogens is 338 g/mol. The zero-order chi connectivity index (χ0) is 19.6. The van der Waals surface area contributed by atoms with Crippen LogP contribution in [0.4, 0.5) is 0 Å². The second kappa shape index (κ2) is 7.85. The molecular formula is C22H31N3O2. The van der Waals surface area contributed by atoms with Crippen molar-refractivity contribution >= 4 is 16.8 Å². The Morgan fingerprint density at radius 3 is 2.48 bits per heavy atom. The van der Waals surface area contributed by atoms with E-state index >= 15 is 0 Å². The van der Waals surface area contributed by atoms with E-state index in [-0.39, 0.29) is 16.9 Å². The molecule has 1 N–H and O–H groups in total. The van der Waals surface area contributed by atoms with Gasteiger partial charge >= 0.3 is 0 Å². The Labute approximate surface area is 161 Å². The van der Waals surface area contributed by atoms with Gasteiger partial charge in [0.05, 0.1) is 0 Å². The second-order valence-corrected chi connectivity index (χ2v) is 8.93. The van der Waals surface area contributed by atoms with Crippen LogP contribution in [0.2, 0.25) is 0 Å². The number of benzene rings is 1. The van der Waals surface area contributed by atoms with Gasteiger partial charge in [-0.2, -0.15) is 0 Å². The van der Waals surface area contributed by atoms with Gasteiger partial charge in [0.15, 0.2) is 0 Å². The fourth-order valence-electron chi connectivity index (χ4n) is 3.77. The van der Waals surface area contributed by atoms with Crippen molar-refractivity contribution in [3.8, 4) is 0 Å². The smallest absolute Gasteiger partial charge is 0.251 e. The van der Waals surface area contributed by atoms with E-state index in [4.69, 9.17) is 0 Å². The van der Waals surface area contributed by atoms with Crippen LogP contribution in [0.25, 0.3) is 10.9 Å². The lowest BCUT2D eigenvalue weighted by molar-refractivity contribution is -0.133. The van der Waals surface area contributed by atoms with Gasteiger partial charge < -0.3 is 9.88 Å². The molecule has 1 amide bonds. The summed E-state index contributed by atoms with van der Waals surface area (Å²) in [5.41, 5.74) is 2.85. The number of rotatable bonds is 4. The molecule has 2 heterocycles. The molecule has 0 spiro atoms. The number of H-pyrrole nitrogens is 1. The summed E-state index contributed by atoms with van der Waals surface area (Å²) in [6, 6.07) is 7.94. The number of aryl methyl sites for hydroxylation is 2. The van der Waals surface area contributed by atoms with Crippen LogP contribution in [-0.4, -0.2) is 53.4 Å². The van der Waals surface area contributed by atoms with E-state index in [0.717, 1.165) is 49.2 Å². The Balaban J connectivity index is 1.57. The first kappa shape index (κ1) is 19.6. The van der Waals surface area contributed by atoms with Crippen LogP contribution < -0.4 is 5.56 Å². The average molecular weight is 370 g/mol. The highest BCUT2D eigenvalue weighted by Gasteiger charge is 2.24. The van der Waals surface area contributed by atoms with Crippen molar-refractivity contribution < 1.29 is 4.79 Å². The molecule has 0 bridgehead atoms. The number of piperazine rings is 1. The van der Waals surface area contributed by atoms with Crippen molar-refractivity contribution in [2.24, 2.45) is 5.41 Å². The summed E-state index contributed by atoms with van der Waals surface area (Å²) in [6.07, 6.45) is 0.875. The summed E-state index contributed by atoms with van der Waals surface area (Å²) >= 11 is 0. The Morgan fingerprint density at radius 1 is 1.11 bits per heavy atom. The summed E-state index contributed by atoms with van der Waals surface area (Å²) < 4.78 is 0. The molecule has 5 nitrogen and oxygen atoms in total. The van der Waals surface area contributed by atoms with E-state index in [1.807, 2.05) is 36.1 Å². The van der Waals surface area contributed by atoms with Gasteiger partial charge in [0, 0.05) is 50.2 Å². The SMILES string of the molecule is Cc1ccc2cc(CCC(=O)N3CCN(CC(C)(C)C)CC3)c(=O)[nH]c2c1. The van der Waals surface area contributed by atoms with Crippen molar-refractivity contribution in [2.45, 2.75) is 40.5 Å². The van der Waals surface area contributed by atoms with Gasteiger partial charge in [0.2, 0.25) is 5.91 Å². The predicted octanol–water partition coefficient (Wildman–Crippen LogP) is 2.96. The van der Waals surface area contributed by atoms with Crippen LogP contribution in [0.5, 0.6) is 0 Å². The van der Waals surface area contributed by atoms with Crippen molar-refractivity contribution in [2.75, 3.05) is 32.7 Å². The number of hydrogen-bond donors (Lipinski definition) is 1. The molecule has 0 atom stereocenters. The molecule has 2 aromatic rings. The number of pyridine rings is 1. The Hall–Kier alpha value is -2.14. The van der Waals surface area contributed by atoms with Gasteiger partial charge in [-0.15, -0.1) is 0 Å². The number of nitrogens with zero attached hydrogens (tertiary/aromatic N) is 2. The number of nitrogens with one attached hydrogen (secondary N) is 1. The maximum absolute atomic E-state index is 12.6. The van der Waals surface area contributed by atoms with Crippen LogP contribution in [0, 0.1) is 12.3 Å². The number of amides is 1.